The average molecular weight is 375 g/mol. The first-order chi connectivity index (χ1) is 12.3. The second-order valence-electron chi connectivity index (χ2n) is 6.71. The maximum atomic E-state index is 12.9. The Balaban J connectivity index is 1.78. The summed E-state index contributed by atoms with van der Waals surface area (Å²) in [6.07, 6.45) is 1.51. The molecule has 0 aromatic heterocycles. The van der Waals surface area contributed by atoms with Crippen molar-refractivity contribution < 1.29 is 17.9 Å². The van der Waals surface area contributed by atoms with Crippen LogP contribution >= 0.6 is 0 Å². The molecule has 0 bridgehead atoms. The lowest BCUT2D eigenvalue weighted by molar-refractivity contribution is 0.177. The lowest BCUT2D eigenvalue weighted by Crippen LogP contribution is -2.37. The smallest absolute Gasteiger partial charge is 0.241 e. The van der Waals surface area contributed by atoms with E-state index in [1.54, 1.807) is 20.1 Å². The molecule has 0 spiro atoms. The topological polar surface area (TPSA) is 64.6 Å². The third-order valence-electron chi connectivity index (χ3n) is 4.97. The van der Waals surface area contributed by atoms with Crippen LogP contribution in [0.1, 0.15) is 28.7 Å². The highest BCUT2D eigenvalue weighted by Crippen LogP contribution is 2.31. The van der Waals surface area contributed by atoms with Crippen molar-refractivity contribution in [2.75, 3.05) is 13.7 Å². The molecule has 6 heteroatoms. The molecule has 0 radical (unpaired) electrons. The van der Waals surface area contributed by atoms with E-state index >= 15 is 0 Å². The number of methoxy groups -OCH3 is 1. The molecule has 0 fully saturated rings. The first-order valence-corrected chi connectivity index (χ1v) is 10.2. The summed E-state index contributed by atoms with van der Waals surface area (Å²) in [5.74, 6) is 1.54. The van der Waals surface area contributed by atoms with Crippen LogP contribution in [-0.2, 0) is 16.4 Å². The zero-order valence-corrected chi connectivity index (χ0v) is 16.4. The highest BCUT2D eigenvalue weighted by atomic mass is 32.2. The summed E-state index contributed by atoms with van der Waals surface area (Å²) in [5.41, 5.74) is 3.39. The molecule has 0 saturated heterocycles. The summed E-state index contributed by atoms with van der Waals surface area (Å²) >= 11 is 0. The van der Waals surface area contributed by atoms with E-state index in [4.69, 9.17) is 9.47 Å². The molecule has 1 aliphatic heterocycles. The molecule has 1 N–H and O–H groups in total. The molecule has 2 aromatic rings. The van der Waals surface area contributed by atoms with Crippen LogP contribution < -0.4 is 14.2 Å². The quantitative estimate of drug-likeness (QED) is 0.871. The van der Waals surface area contributed by atoms with E-state index in [0.717, 1.165) is 24.2 Å². The predicted octanol–water partition coefficient (Wildman–Crippen LogP) is 3.29. The molecule has 0 aliphatic carbocycles. The molecule has 26 heavy (non-hydrogen) atoms. The summed E-state index contributed by atoms with van der Waals surface area (Å²) < 4.78 is 39.8. The van der Waals surface area contributed by atoms with Gasteiger partial charge in [-0.15, -0.1) is 0 Å². The van der Waals surface area contributed by atoms with Gasteiger partial charge in [0.25, 0.3) is 0 Å². The minimum absolute atomic E-state index is 0.167. The van der Waals surface area contributed by atoms with Crippen molar-refractivity contribution in [3.05, 3.63) is 52.6 Å². The largest absolute Gasteiger partial charge is 0.496 e. The number of hydrogen-bond acceptors (Lipinski definition) is 4. The number of benzene rings is 2. The zero-order chi connectivity index (χ0) is 18.9. The van der Waals surface area contributed by atoms with Crippen molar-refractivity contribution in [3.8, 4) is 11.5 Å². The van der Waals surface area contributed by atoms with Gasteiger partial charge in [0.05, 0.1) is 12.0 Å². The molecule has 1 aliphatic rings. The fraction of sp³-hybridized carbons (Fsp3) is 0.400. The summed E-state index contributed by atoms with van der Waals surface area (Å²) in [7, 11) is -2.04. The first-order valence-electron chi connectivity index (χ1n) is 8.72. The van der Waals surface area contributed by atoms with Crippen molar-refractivity contribution >= 4 is 10.0 Å². The van der Waals surface area contributed by atoms with Crippen molar-refractivity contribution in [1.82, 2.24) is 4.72 Å². The fourth-order valence-electron chi connectivity index (χ4n) is 3.45. The van der Waals surface area contributed by atoms with E-state index < -0.39 is 10.0 Å². The third kappa shape index (κ3) is 3.57. The molecule has 0 saturated carbocycles. The van der Waals surface area contributed by atoms with E-state index in [-0.39, 0.29) is 12.6 Å². The summed E-state index contributed by atoms with van der Waals surface area (Å²) in [6.45, 7) is 5.72. The number of sulfonamides is 1. The summed E-state index contributed by atoms with van der Waals surface area (Å²) in [6, 6.07) is 9.66. The number of para-hydroxylation sites is 1. The van der Waals surface area contributed by atoms with Gasteiger partial charge in [0.2, 0.25) is 10.0 Å². The Morgan fingerprint density at radius 2 is 1.92 bits per heavy atom. The molecule has 0 amide bonds. The van der Waals surface area contributed by atoms with Gasteiger partial charge in [-0.1, -0.05) is 18.2 Å². The maximum absolute atomic E-state index is 12.9. The lowest BCUT2D eigenvalue weighted by atomic mass is 10.0. The average Bonchev–Trinajstić information content (AvgIpc) is 2.62. The normalized spacial score (nSPS) is 16.7. The van der Waals surface area contributed by atoms with Crippen molar-refractivity contribution in [1.29, 1.82) is 0 Å². The van der Waals surface area contributed by atoms with Gasteiger partial charge in [-0.25, -0.2) is 13.1 Å². The van der Waals surface area contributed by atoms with Gasteiger partial charge in [-0.3, -0.25) is 0 Å². The monoisotopic (exact) mass is 375 g/mol. The second-order valence-corrected chi connectivity index (χ2v) is 8.42. The second kappa shape index (κ2) is 7.29. The van der Waals surface area contributed by atoms with E-state index in [1.807, 2.05) is 38.1 Å². The molecule has 1 atom stereocenters. The van der Waals surface area contributed by atoms with Crippen LogP contribution in [0.2, 0.25) is 0 Å². The highest BCUT2D eigenvalue weighted by molar-refractivity contribution is 7.89. The SMILES string of the molecule is COc1cc(C)c(S(=O)(=O)NCC2CCc3ccccc3O2)c(C)c1C. The summed E-state index contributed by atoms with van der Waals surface area (Å²) in [5, 5.41) is 0. The number of rotatable bonds is 5. The van der Waals surface area contributed by atoms with Crippen LogP contribution in [0.15, 0.2) is 35.2 Å². The number of fused-ring (bicyclic) bond motifs is 1. The first kappa shape index (κ1) is 18.7. The van der Waals surface area contributed by atoms with Crippen LogP contribution in [0.5, 0.6) is 11.5 Å². The minimum atomic E-state index is -3.63. The third-order valence-corrected chi connectivity index (χ3v) is 6.68. The molecule has 1 unspecified atom stereocenters. The number of aryl methyl sites for hydroxylation is 2. The Kier molecular flexibility index (Phi) is 5.25. The van der Waals surface area contributed by atoms with E-state index in [9.17, 15) is 8.42 Å². The fourth-order valence-corrected chi connectivity index (χ4v) is 5.03. The van der Waals surface area contributed by atoms with E-state index in [0.29, 0.717) is 21.8 Å². The molecular weight excluding hydrogens is 350 g/mol. The van der Waals surface area contributed by atoms with Gasteiger partial charge in [0, 0.05) is 6.54 Å². The Hall–Kier alpha value is -2.05. The van der Waals surface area contributed by atoms with Gasteiger partial charge in [-0.2, -0.15) is 0 Å². The zero-order valence-electron chi connectivity index (χ0n) is 15.6. The van der Waals surface area contributed by atoms with Crippen LogP contribution in [0.4, 0.5) is 0 Å². The molecule has 3 rings (SSSR count). The highest BCUT2D eigenvalue weighted by Gasteiger charge is 2.25. The number of ether oxygens (including phenoxy) is 2. The van der Waals surface area contributed by atoms with E-state index in [2.05, 4.69) is 4.72 Å². The summed E-state index contributed by atoms with van der Waals surface area (Å²) in [4.78, 5) is 0.326. The van der Waals surface area contributed by atoms with Crippen LogP contribution in [-0.4, -0.2) is 28.2 Å². The van der Waals surface area contributed by atoms with Crippen LogP contribution in [0.25, 0.3) is 0 Å². The van der Waals surface area contributed by atoms with Gasteiger partial charge in [0.1, 0.15) is 17.6 Å². The predicted molar refractivity (Wildman–Crippen MR) is 102 cm³/mol. The minimum Gasteiger partial charge on any atom is -0.496 e. The molecule has 1 heterocycles. The van der Waals surface area contributed by atoms with E-state index in [1.165, 1.54) is 5.56 Å². The maximum Gasteiger partial charge on any atom is 0.241 e. The lowest BCUT2D eigenvalue weighted by Gasteiger charge is -2.26. The van der Waals surface area contributed by atoms with Crippen LogP contribution in [0.3, 0.4) is 0 Å². The Labute approximate surface area is 155 Å². The molecule has 140 valence electrons. The molecular formula is C20H25NO4S. The van der Waals surface area contributed by atoms with Crippen molar-refractivity contribution in [3.63, 3.8) is 0 Å². The number of nitrogens with one attached hydrogen (secondary N) is 1. The standard InChI is InChI=1S/C20H25NO4S/c1-13-11-19(24-4)14(2)15(3)20(13)26(22,23)21-12-17-10-9-16-7-5-6-8-18(16)25-17/h5-8,11,17,21H,9-10,12H2,1-4H3. The molecule has 5 nitrogen and oxygen atoms in total. The Morgan fingerprint density at radius 3 is 2.65 bits per heavy atom. The van der Waals surface area contributed by atoms with Crippen molar-refractivity contribution in [2.24, 2.45) is 0 Å². The van der Waals surface area contributed by atoms with Gasteiger partial charge in [-0.05, 0) is 68.0 Å². The van der Waals surface area contributed by atoms with Gasteiger partial charge >= 0.3 is 0 Å². The van der Waals surface area contributed by atoms with Gasteiger partial charge < -0.3 is 9.47 Å². The van der Waals surface area contributed by atoms with Crippen LogP contribution in [0, 0.1) is 20.8 Å². The number of hydrogen-bond donors (Lipinski definition) is 1. The molecule has 2 aromatic carbocycles. The Bertz CT molecular complexity index is 922. The van der Waals surface area contributed by atoms with Crippen molar-refractivity contribution in [2.45, 2.75) is 44.6 Å². The Morgan fingerprint density at radius 1 is 1.19 bits per heavy atom. The van der Waals surface area contributed by atoms with Gasteiger partial charge in [0.15, 0.2) is 0 Å².